The summed E-state index contributed by atoms with van der Waals surface area (Å²) >= 11 is 0. The van der Waals surface area contributed by atoms with E-state index in [1.807, 2.05) is 26.0 Å². The predicted molar refractivity (Wildman–Crippen MR) is 73.5 cm³/mol. The predicted octanol–water partition coefficient (Wildman–Crippen LogP) is 3.37. The fourth-order valence-electron chi connectivity index (χ4n) is 1.92. The molecule has 0 fully saturated rings. The molecular formula is C16H16FNO. The Balaban J connectivity index is 2.02. The summed E-state index contributed by atoms with van der Waals surface area (Å²) in [4.78, 5) is 11.9. The van der Waals surface area contributed by atoms with Gasteiger partial charge in [0.2, 0.25) is 0 Å². The standard InChI is InChI=1S/C16H16FNO/c1-11-3-4-14(12(2)9-11)10-18-16(19)13-5-7-15(17)8-6-13/h3-9H,10H2,1-2H3,(H,18,19). The second-order valence-corrected chi connectivity index (χ2v) is 4.62. The molecule has 0 atom stereocenters. The van der Waals surface area contributed by atoms with E-state index in [0.29, 0.717) is 12.1 Å². The molecule has 2 rings (SSSR count). The van der Waals surface area contributed by atoms with Gasteiger partial charge in [-0.3, -0.25) is 4.79 Å². The Hall–Kier alpha value is -2.16. The minimum absolute atomic E-state index is 0.194. The van der Waals surface area contributed by atoms with Gasteiger partial charge in [-0.2, -0.15) is 0 Å². The molecule has 0 saturated heterocycles. The number of carbonyl (C=O) groups is 1. The molecule has 98 valence electrons. The fraction of sp³-hybridized carbons (Fsp3) is 0.188. The average molecular weight is 257 g/mol. The molecule has 0 spiro atoms. The fourth-order valence-corrected chi connectivity index (χ4v) is 1.92. The maximum Gasteiger partial charge on any atom is 0.251 e. The Morgan fingerprint density at radius 3 is 2.42 bits per heavy atom. The Kier molecular flexibility index (Phi) is 3.95. The lowest BCUT2D eigenvalue weighted by Crippen LogP contribution is -2.23. The Morgan fingerprint density at radius 1 is 1.11 bits per heavy atom. The minimum Gasteiger partial charge on any atom is -0.348 e. The molecule has 2 nitrogen and oxygen atoms in total. The van der Waals surface area contributed by atoms with Crippen LogP contribution in [0, 0.1) is 19.7 Å². The Labute approximate surface area is 112 Å². The van der Waals surface area contributed by atoms with Crippen LogP contribution >= 0.6 is 0 Å². The van der Waals surface area contributed by atoms with E-state index in [-0.39, 0.29) is 11.7 Å². The molecule has 19 heavy (non-hydrogen) atoms. The summed E-state index contributed by atoms with van der Waals surface area (Å²) in [5, 5.41) is 2.83. The summed E-state index contributed by atoms with van der Waals surface area (Å²) in [5.74, 6) is -0.536. The van der Waals surface area contributed by atoms with Crippen LogP contribution < -0.4 is 5.32 Å². The molecule has 0 saturated carbocycles. The van der Waals surface area contributed by atoms with Gasteiger partial charge in [-0.15, -0.1) is 0 Å². The van der Waals surface area contributed by atoms with Gasteiger partial charge in [-0.1, -0.05) is 23.8 Å². The lowest BCUT2D eigenvalue weighted by atomic mass is 10.1. The van der Waals surface area contributed by atoms with Crippen LogP contribution in [-0.2, 0) is 6.54 Å². The van der Waals surface area contributed by atoms with E-state index in [0.717, 1.165) is 11.1 Å². The molecule has 0 heterocycles. The van der Waals surface area contributed by atoms with Crippen molar-refractivity contribution in [3.05, 3.63) is 70.5 Å². The van der Waals surface area contributed by atoms with Crippen LogP contribution in [0.1, 0.15) is 27.0 Å². The highest BCUT2D eigenvalue weighted by Gasteiger charge is 2.06. The van der Waals surface area contributed by atoms with E-state index < -0.39 is 0 Å². The van der Waals surface area contributed by atoms with Crippen molar-refractivity contribution in [2.24, 2.45) is 0 Å². The van der Waals surface area contributed by atoms with E-state index in [1.54, 1.807) is 0 Å². The number of rotatable bonds is 3. The molecule has 2 aromatic rings. The zero-order valence-electron chi connectivity index (χ0n) is 11.0. The van der Waals surface area contributed by atoms with Gasteiger partial charge >= 0.3 is 0 Å². The number of nitrogens with one attached hydrogen (secondary N) is 1. The number of hydrogen-bond donors (Lipinski definition) is 1. The summed E-state index contributed by atoms with van der Waals surface area (Å²) in [6.07, 6.45) is 0. The van der Waals surface area contributed by atoms with Crippen LogP contribution in [0.25, 0.3) is 0 Å². The van der Waals surface area contributed by atoms with Crippen molar-refractivity contribution in [2.75, 3.05) is 0 Å². The first-order valence-corrected chi connectivity index (χ1v) is 6.16. The largest absolute Gasteiger partial charge is 0.348 e. The molecular weight excluding hydrogens is 241 g/mol. The van der Waals surface area contributed by atoms with E-state index in [2.05, 4.69) is 11.4 Å². The minimum atomic E-state index is -0.342. The quantitative estimate of drug-likeness (QED) is 0.897. The molecule has 3 heteroatoms. The van der Waals surface area contributed by atoms with Gasteiger partial charge in [0.15, 0.2) is 0 Å². The summed E-state index contributed by atoms with van der Waals surface area (Å²) in [6.45, 7) is 4.53. The van der Waals surface area contributed by atoms with E-state index >= 15 is 0 Å². The third kappa shape index (κ3) is 3.41. The zero-order chi connectivity index (χ0) is 13.8. The maximum atomic E-state index is 12.8. The van der Waals surface area contributed by atoms with Crippen molar-refractivity contribution in [1.82, 2.24) is 5.32 Å². The van der Waals surface area contributed by atoms with Crippen molar-refractivity contribution in [2.45, 2.75) is 20.4 Å². The van der Waals surface area contributed by atoms with Gasteiger partial charge in [0.25, 0.3) is 5.91 Å². The smallest absolute Gasteiger partial charge is 0.251 e. The SMILES string of the molecule is Cc1ccc(CNC(=O)c2ccc(F)cc2)c(C)c1. The third-order valence-corrected chi connectivity index (χ3v) is 3.04. The number of amides is 1. The molecule has 0 aliphatic heterocycles. The summed E-state index contributed by atoms with van der Waals surface area (Å²) in [7, 11) is 0. The van der Waals surface area contributed by atoms with E-state index in [4.69, 9.17) is 0 Å². The maximum absolute atomic E-state index is 12.8. The monoisotopic (exact) mass is 257 g/mol. The molecule has 0 radical (unpaired) electrons. The number of hydrogen-bond acceptors (Lipinski definition) is 1. The van der Waals surface area contributed by atoms with Gasteiger partial charge in [0, 0.05) is 12.1 Å². The highest BCUT2D eigenvalue weighted by Crippen LogP contribution is 2.10. The van der Waals surface area contributed by atoms with Crippen LogP contribution in [0.4, 0.5) is 4.39 Å². The van der Waals surface area contributed by atoms with Crippen molar-refractivity contribution in [1.29, 1.82) is 0 Å². The molecule has 0 bridgehead atoms. The summed E-state index contributed by atoms with van der Waals surface area (Å²) in [6, 6.07) is 11.6. The van der Waals surface area contributed by atoms with Gasteiger partial charge < -0.3 is 5.32 Å². The van der Waals surface area contributed by atoms with Crippen LogP contribution in [-0.4, -0.2) is 5.91 Å². The normalized spacial score (nSPS) is 10.3. The van der Waals surface area contributed by atoms with E-state index in [1.165, 1.54) is 29.8 Å². The third-order valence-electron chi connectivity index (χ3n) is 3.04. The van der Waals surface area contributed by atoms with Gasteiger partial charge in [-0.25, -0.2) is 4.39 Å². The van der Waals surface area contributed by atoms with Crippen LogP contribution in [0.2, 0.25) is 0 Å². The van der Waals surface area contributed by atoms with Gasteiger partial charge in [-0.05, 0) is 49.2 Å². The molecule has 1 N–H and O–H groups in total. The highest BCUT2D eigenvalue weighted by atomic mass is 19.1. The topological polar surface area (TPSA) is 29.1 Å². The zero-order valence-corrected chi connectivity index (χ0v) is 11.0. The van der Waals surface area contributed by atoms with Crippen LogP contribution in [0.15, 0.2) is 42.5 Å². The van der Waals surface area contributed by atoms with Gasteiger partial charge in [0.05, 0.1) is 0 Å². The first-order chi connectivity index (χ1) is 9.06. The lowest BCUT2D eigenvalue weighted by Gasteiger charge is -2.09. The number of carbonyl (C=O) groups excluding carboxylic acids is 1. The van der Waals surface area contributed by atoms with Crippen molar-refractivity contribution in [3.63, 3.8) is 0 Å². The van der Waals surface area contributed by atoms with Crippen LogP contribution in [0.3, 0.4) is 0 Å². The first kappa shape index (κ1) is 13.3. The lowest BCUT2D eigenvalue weighted by molar-refractivity contribution is 0.0951. The molecule has 1 amide bonds. The van der Waals surface area contributed by atoms with Crippen molar-refractivity contribution >= 4 is 5.91 Å². The Morgan fingerprint density at radius 2 is 1.79 bits per heavy atom. The summed E-state index contributed by atoms with van der Waals surface area (Å²) < 4.78 is 12.8. The second-order valence-electron chi connectivity index (χ2n) is 4.62. The molecule has 2 aromatic carbocycles. The number of aryl methyl sites for hydroxylation is 2. The molecule has 0 aliphatic carbocycles. The van der Waals surface area contributed by atoms with Crippen LogP contribution in [0.5, 0.6) is 0 Å². The Bertz CT molecular complexity index is 590. The number of benzene rings is 2. The summed E-state index contributed by atoms with van der Waals surface area (Å²) in [5.41, 5.74) is 3.90. The second kappa shape index (κ2) is 5.65. The molecule has 0 aromatic heterocycles. The molecule has 0 unspecified atom stereocenters. The van der Waals surface area contributed by atoms with Crippen molar-refractivity contribution < 1.29 is 9.18 Å². The van der Waals surface area contributed by atoms with Crippen molar-refractivity contribution in [3.8, 4) is 0 Å². The highest BCUT2D eigenvalue weighted by molar-refractivity contribution is 5.94. The molecule has 0 aliphatic rings. The first-order valence-electron chi connectivity index (χ1n) is 6.16. The number of halogens is 1. The van der Waals surface area contributed by atoms with E-state index in [9.17, 15) is 9.18 Å². The van der Waals surface area contributed by atoms with Gasteiger partial charge in [0.1, 0.15) is 5.82 Å². The average Bonchev–Trinajstić information content (AvgIpc) is 2.38.